The summed E-state index contributed by atoms with van der Waals surface area (Å²) in [6.07, 6.45) is -0.661. The van der Waals surface area contributed by atoms with E-state index >= 15 is 0 Å². The van der Waals surface area contributed by atoms with Crippen molar-refractivity contribution in [1.82, 2.24) is 0 Å². The van der Waals surface area contributed by atoms with Crippen LogP contribution in [0, 0.1) is 13.8 Å². The Bertz CT molecular complexity index is 452. The number of nitrogens with two attached hydrogens (primary N) is 1. The Morgan fingerprint density at radius 3 is 2.67 bits per heavy atom. The third kappa shape index (κ3) is 1.70. The first kappa shape index (κ1) is 9.71. The van der Waals surface area contributed by atoms with Gasteiger partial charge in [-0.3, -0.25) is 4.79 Å². The Labute approximate surface area is 87.8 Å². The van der Waals surface area contributed by atoms with E-state index in [0.29, 0.717) is 0 Å². The summed E-state index contributed by atoms with van der Waals surface area (Å²) in [7, 11) is 0. The maximum absolute atomic E-state index is 11.4. The Morgan fingerprint density at radius 1 is 1.40 bits per heavy atom. The molecule has 1 aliphatic rings. The average Bonchev–Trinajstić information content (AvgIpc) is 2.45. The monoisotopic (exact) mass is 204 g/mol. The van der Waals surface area contributed by atoms with Crippen LogP contribution >= 0.6 is 0 Å². The summed E-state index contributed by atoms with van der Waals surface area (Å²) in [6.45, 7) is 3.94. The molecule has 78 valence electrons. The first-order valence-electron chi connectivity index (χ1n) is 4.70. The van der Waals surface area contributed by atoms with Crippen LogP contribution in [-0.2, 0) is 9.53 Å². The second-order valence-electron chi connectivity index (χ2n) is 3.65. The fourth-order valence-electron chi connectivity index (χ4n) is 1.68. The molecule has 1 atom stereocenters. The van der Waals surface area contributed by atoms with Crippen molar-refractivity contribution in [2.75, 3.05) is 0 Å². The number of rotatable bonds is 1. The number of carbonyl (C=O) groups excluding carboxylic acids is 1. The second-order valence-corrected chi connectivity index (χ2v) is 3.65. The van der Waals surface area contributed by atoms with Crippen molar-refractivity contribution in [3.63, 3.8) is 0 Å². The van der Waals surface area contributed by atoms with Crippen LogP contribution in [0.4, 0.5) is 0 Å². The van der Waals surface area contributed by atoms with Crippen LogP contribution in [-0.4, -0.2) is 11.9 Å². The SMILES string of the molecule is Cc1ccc(C2OC(N)=NC2=O)c(C)c1. The summed E-state index contributed by atoms with van der Waals surface area (Å²) >= 11 is 0. The lowest BCUT2D eigenvalue weighted by molar-refractivity contribution is -0.122. The second kappa shape index (κ2) is 3.38. The van der Waals surface area contributed by atoms with Gasteiger partial charge < -0.3 is 10.5 Å². The number of amidine groups is 1. The Hall–Kier alpha value is -1.84. The maximum Gasteiger partial charge on any atom is 0.296 e. The molecule has 1 aromatic carbocycles. The minimum Gasteiger partial charge on any atom is -0.447 e. The van der Waals surface area contributed by atoms with Gasteiger partial charge in [0.05, 0.1) is 0 Å². The summed E-state index contributed by atoms with van der Waals surface area (Å²) in [5.74, 6) is -0.334. The van der Waals surface area contributed by atoms with Gasteiger partial charge in [0.15, 0.2) is 0 Å². The molecule has 1 unspecified atom stereocenters. The van der Waals surface area contributed by atoms with Crippen LogP contribution in [0.3, 0.4) is 0 Å². The van der Waals surface area contributed by atoms with Crippen molar-refractivity contribution >= 4 is 11.9 Å². The van der Waals surface area contributed by atoms with Gasteiger partial charge in [-0.2, -0.15) is 4.99 Å². The van der Waals surface area contributed by atoms with Crippen LogP contribution < -0.4 is 5.73 Å². The number of hydrogen-bond acceptors (Lipinski definition) is 3. The quantitative estimate of drug-likeness (QED) is 0.747. The minimum absolute atomic E-state index is 0.0509. The Kier molecular flexibility index (Phi) is 2.19. The highest BCUT2D eigenvalue weighted by molar-refractivity contribution is 5.98. The van der Waals surface area contributed by atoms with Crippen molar-refractivity contribution in [2.24, 2.45) is 10.7 Å². The van der Waals surface area contributed by atoms with Crippen molar-refractivity contribution in [2.45, 2.75) is 20.0 Å². The molecule has 0 fully saturated rings. The summed E-state index contributed by atoms with van der Waals surface area (Å²) in [5.41, 5.74) is 8.33. The third-order valence-corrected chi connectivity index (χ3v) is 2.39. The summed E-state index contributed by atoms with van der Waals surface area (Å²) < 4.78 is 5.16. The zero-order chi connectivity index (χ0) is 11.0. The molecule has 2 rings (SSSR count). The van der Waals surface area contributed by atoms with Crippen LogP contribution in [0.1, 0.15) is 22.8 Å². The van der Waals surface area contributed by atoms with Gasteiger partial charge in [0, 0.05) is 5.56 Å². The van der Waals surface area contributed by atoms with Gasteiger partial charge >= 0.3 is 0 Å². The molecule has 0 spiro atoms. The molecule has 1 heterocycles. The molecule has 15 heavy (non-hydrogen) atoms. The van der Waals surface area contributed by atoms with Gasteiger partial charge in [-0.15, -0.1) is 0 Å². The highest BCUT2D eigenvalue weighted by Crippen LogP contribution is 2.26. The average molecular weight is 204 g/mol. The van der Waals surface area contributed by atoms with Crippen LogP contribution in [0.25, 0.3) is 0 Å². The number of amides is 1. The van der Waals surface area contributed by atoms with E-state index in [1.165, 1.54) is 0 Å². The zero-order valence-electron chi connectivity index (χ0n) is 8.65. The highest BCUT2D eigenvalue weighted by Gasteiger charge is 2.30. The van der Waals surface area contributed by atoms with Crippen molar-refractivity contribution in [3.8, 4) is 0 Å². The maximum atomic E-state index is 11.4. The smallest absolute Gasteiger partial charge is 0.296 e. The summed E-state index contributed by atoms with van der Waals surface area (Å²) in [5, 5.41) is 0. The number of aliphatic imine (C=N–C) groups is 1. The number of nitrogens with zero attached hydrogens (tertiary/aromatic N) is 1. The molecule has 4 heteroatoms. The Morgan fingerprint density at radius 2 is 2.13 bits per heavy atom. The van der Waals surface area contributed by atoms with E-state index in [1.54, 1.807) is 0 Å². The number of hydrogen-bond donors (Lipinski definition) is 1. The lowest BCUT2D eigenvalue weighted by Crippen LogP contribution is -2.14. The largest absolute Gasteiger partial charge is 0.447 e. The highest BCUT2D eigenvalue weighted by atomic mass is 16.5. The number of carbonyl (C=O) groups is 1. The van der Waals surface area contributed by atoms with Crippen molar-refractivity contribution < 1.29 is 9.53 Å². The van der Waals surface area contributed by atoms with E-state index in [-0.39, 0.29) is 11.9 Å². The van der Waals surface area contributed by atoms with Crippen LogP contribution in [0.2, 0.25) is 0 Å². The topological polar surface area (TPSA) is 64.7 Å². The van der Waals surface area contributed by atoms with E-state index in [1.807, 2.05) is 32.0 Å². The van der Waals surface area contributed by atoms with E-state index < -0.39 is 6.10 Å². The number of benzene rings is 1. The van der Waals surface area contributed by atoms with E-state index in [9.17, 15) is 4.79 Å². The molecule has 0 aromatic heterocycles. The molecular formula is C11H12N2O2. The molecule has 4 nitrogen and oxygen atoms in total. The zero-order valence-corrected chi connectivity index (χ0v) is 8.65. The first-order valence-corrected chi connectivity index (χ1v) is 4.70. The predicted octanol–water partition coefficient (Wildman–Crippen LogP) is 1.22. The number of aryl methyl sites for hydroxylation is 2. The molecule has 2 N–H and O–H groups in total. The molecule has 0 saturated heterocycles. The van der Waals surface area contributed by atoms with Gasteiger partial charge in [0.25, 0.3) is 11.9 Å². The molecule has 0 bridgehead atoms. The summed E-state index contributed by atoms with van der Waals surface area (Å²) in [4.78, 5) is 15.0. The lowest BCUT2D eigenvalue weighted by atomic mass is 10.0. The summed E-state index contributed by atoms with van der Waals surface area (Å²) in [6, 6.07) is 5.76. The van der Waals surface area contributed by atoms with Crippen molar-refractivity contribution in [1.29, 1.82) is 0 Å². The molecule has 1 aliphatic heterocycles. The molecular weight excluding hydrogens is 192 g/mol. The molecule has 1 amide bonds. The third-order valence-electron chi connectivity index (χ3n) is 2.39. The first-order chi connectivity index (χ1) is 7.08. The molecule has 1 aromatic rings. The van der Waals surface area contributed by atoms with E-state index in [4.69, 9.17) is 10.5 Å². The van der Waals surface area contributed by atoms with Gasteiger partial charge in [-0.1, -0.05) is 23.8 Å². The fraction of sp³-hybridized carbons (Fsp3) is 0.273. The molecule has 0 radical (unpaired) electrons. The molecule has 0 saturated carbocycles. The van der Waals surface area contributed by atoms with Gasteiger partial charge in [-0.05, 0) is 19.4 Å². The lowest BCUT2D eigenvalue weighted by Gasteiger charge is -2.11. The van der Waals surface area contributed by atoms with Gasteiger partial charge in [0.2, 0.25) is 6.10 Å². The van der Waals surface area contributed by atoms with Crippen LogP contribution in [0.5, 0.6) is 0 Å². The normalized spacial score (nSPS) is 20.0. The van der Waals surface area contributed by atoms with Gasteiger partial charge in [0.1, 0.15) is 0 Å². The number of ether oxygens (including phenoxy) is 1. The fourth-order valence-corrected chi connectivity index (χ4v) is 1.68. The Balaban J connectivity index is 2.36. The van der Waals surface area contributed by atoms with Gasteiger partial charge in [-0.25, -0.2) is 0 Å². The van der Waals surface area contributed by atoms with E-state index in [2.05, 4.69) is 4.99 Å². The van der Waals surface area contributed by atoms with E-state index in [0.717, 1.165) is 16.7 Å². The van der Waals surface area contributed by atoms with Crippen LogP contribution in [0.15, 0.2) is 23.2 Å². The minimum atomic E-state index is -0.661. The molecule has 0 aliphatic carbocycles. The predicted molar refractivity (Wildman–Crippen MR) is 56.4 cm³/mol. The standard InChI is InChI=1S/C11H12N2O2/c1-6-3-4-8(7(2)5-6)9-10(14)13-11(12)15-9/h3-5,9H,1-2H3,(H2,12,13,14). The van der Waals surface area contributed by atoms with Crippen molar-refractivity contribution in [3.05, 3.63) is 34.9 Å².